The average molecular weight is 300 g/mol. The van der Waals surface area contributed by atoms with Gasteiger partial charge in [0.2, 0.25) is 5.91 Å². The smallest absolute Gasteiger partial charge is 0.226 e. The van der Waals surface area contributed by atoms with Gasteiger partial charge in [-0.3, -0.25) is 9.69 Å². The van der Waals surface area contributed by atoms with E-state index in [1.165, 1.54) is 12.1 Å². The van der Waals surface area contributed by atoms with E-state index < -0.39 is 17.6 Å². The van der Waals surface area contributed by atoms with Crippen LogP contribution in [0.2, 0.25) is 5.02 Å². The number of hydrogen-bond donors (Lipinski definition) is 1. The molecule has 20 heavy (non-hydrogen) atoms. The number of halogens is 2. The first-order chi connectivity index (χ1) is 9.47. The van der Waals surface area contributed by atoms with Gasteiger partial charge >= 0.3 is 0 Å². The largest absolute Gasteiger partial charge is 0.369 e. The van der Waals surface area contributed by atoms with E-state index in [4.69, 9.17) is 17.3 Å². The standard InChI is InChI=1S/C14H19ClFN3O/c1-18-4-6-19(7-5-18)9-11(14(17)20)10-2-3-12(15)13(16)8-10/h2-3,8,11H,4-7,9H2,1H3,(H2,17,20)/t11-/m1/s1. The van der Waals surface area contributed by atoms with Gasteiger partial charge < -0.3 is 10.6 Å². The normalized spacial score (nSPS) is 18.9. The molecule has 1 saturated heterocycles. The van der Waals surface area contributed by atoms with Crippen LogP contribution in [0.3, 0.4) is 0 Å². The molecule has 2 N–H and O–H groups in total. The molecule has 0 bridgehead atoms. The van der Waals surface area contributed by atoms with Gasteiger partial charge in [-0.2, -0.15) is 0 Å². The van der Waals surface area contributed by atoms with Gasteiger partial charge in [0.05, 0.1) is 10.9 Å². The first kappa shape index (κ1) is 15.2. The minimum atomic E-state index is -0.520. The fourth-order valence-electron chi connectivity index (χ4n) is 2.38. The van der Waals surface area contributed by atoms with Crippen molar-refractivity contribution in [3.63, 3.8) is 0 Å². The number of primary amides is 1. The average Bonchev–Trinajstić information content (AvgIpc) is 2.41. The van der Waals surface area contributed by atoms with Crippen LogP contribution in [0, 0.1) is 5.82 Å². The lowest BCUT2D eigenvalue weighted by molar-refractivity contribution is -0.120. The molecule has 2 rings (SSSR count). The van der Waals surface area contributed by atoms with Crippen LogP contribution < -0.4 is 5.73 Å². The molecule has 1 heterocycles. The number of nitrogens with zero attached hydrogens (tertiary/aromatic N) is 2. The zero-order chi connectivity index (χ0) is 14.7. The second-order valence-corrected chi connectivity index (χ2v) is 5.64. The number of piperazine rings is 1. The summed E-state index contributed by atoms with van der Waals surface area (Å²) in [6.45, 7) is 4.21. The van der Waals surface area contributed by atoms with E-state index in [9.17, 15) is 9.18 Å². The number of hydrogen-bond acceptors (Lipinski definition) is 3. The second-order valence-electron chi connectivity index (χ2n) is 5.23. The molecule has 0 spiro atoms. The Labute approximate surface area is 123 Å². The first-order valence-electron chi connectivity index (χ1n) is 6.62. The predicted octanol–water partition coefficient (Wildman–Crippen LogP) is 1.30. The third-order valence-corrected chi connectivity index (χ3v) is 4.03. The Kier molecular flexibility index (Phi) is 4.96. The Morgan fingerprint density at radius 3 is 2.60 bits per heavy atom. The minimum Gasteiger partial charge on any atom is -0.369 e. The zero-order valence-corrected chi connectivity index (χ0v) is 12.2. The lowest BCUT2D eigenvalue weighted by Gasteiger charge is -2.34. The summed E-state index contributed by atoms with van der Waals surface area (Å²) < 4.78 is 13.5. The molecule has 1 aliphatic rings. The SMILES string of the molecule is CN1CCN(C[C@@H](C(N)=O)c2ccc(Cl)c(F)c2)CC1. The lowest BCUT2D eigenvalue weighted by atomic mass is 9.97. The van der Waals surface area contributed by atoms with Gasteiger partial charge in [0, 0.05) is 32.7 Å². The molecule has 1 aromatic carbocycles. The van der Waals surface area contributed by atoms with Gasteiger partial charge in [-0.05, 0) is 24.7 Å². The van der Waals surface area contributed by atoms with E-state index >= 15 is 0 Å². The first-order valence-corrected chi connectivity index (χ1v) is 7.00. The maximum atomic E-state index is 13.5. The maximum Gasteiger partial charge on any atom is 0.226 e. The third kappa shape index (κ3) is 3.69. The molecule has 110 valence electrons. The Morgan fingerprint density at radius 1 is 1.40 bits per heavy atom. The van der Waals surface area contributed by atoms with Gasteiger partial charge in [-0.25, -0.2) is 4.39 Å². The van der Waals surface area contributed by atoms with E-state index in [0.29, 0.717) is 12.1 Å². The molecule has 4 nitrogen and oxygen atoms in total. The van der Waals surface area contributed by atoms with Crippen LogP contribution >= 0.6 is 11.6 Å². The maximum absolute atomic E-state index is 13.5. The molecule has 0 radical (unpaired) electrons. The van der Waals surface area contributed by atoms with Crippen molar-refractivity contribution >= 4 is 17.5 Å². The number of carbonyl (C=O) groups is 1. The summed E-state index contributed by atoms with van der Waals surface area (Å²) in [5, 5.41) is 0.0524. The molecule has 0 aromatic heterocycles. The number of benzene rings is 1. The Morgan fingerprint density at radius 2 is 2.05 bits per heavy atom. The quantitative estimate of drug-likeness (QED) is 0.911. The molecular weight excluding hydrogens is 281 g/mol. The Balaban J connectivity index is 2.10. The van der Waals surface area contributed by atoms with Crippen LogP contribution in [-0.4, -0.2) is 55.5 Å². The minimum absolute atomic E-state index is 0.0524. The second kappa shape index (κ2) is 6.52. The predicted molar refractivity (Wildman–Crippen MR) is 77.3 cm³/mol. The molecule has 1 aliphatic heterocycles. The summed E-state index contributed by atoms with van der Waals surface area (Å²) in [5.41, 5.74) is 6.05. The third-order valence-electron chi connectivity index (χ3n) is 3.73. The van der Waals surface area contributed by atoms with Crippen molar-refractivity contribution in [1.29, 1.82) is 0 Å². The highest BCUT2D eigenvalue weighted by Gasteiger charge is 2.24. The highest BCUT2D eigenvalue weighted by molar-refractivity contribution is 6.30. The zero-order valence-electron chi connectivity index (χ0n) is 11.5. The van der Waals surface area contributed by atoms with Gasteiger partial charge in [0.25, 0.3) is 0 Å². The van der Waals surface area contributed by atoms with Gasteiger partial charge in [0.1, 0.15) is 5.82 Å². The number of nitrogens with two attached hydrogens (primary N) is 1. The van der Waals surface area contributed by atoms with E-state index in [0.717, 1.165) is 26.2 Å². The number of likely N-dealkylation sites (N-methyl/N-ethyl adjacent to an activating group) is 1. The molecule has 0 unspecified atom stereocenters. The highest BCUT2D eigenvalue weighted by atomic mass is 35.5. The molecule has 1 fully saturated rings. The summed E-state index contributed by atoms with van der Waals surface area (Å²) in [7, 11) is 2.07. The van der Waals surface area contributed by atoms with Gasteiger partial charge in [-0.1, -0.05) is 17.7 Å². The molecule has 1 aromatic rings. The number of amides is 1. The molecule has 6 heteroatoms. The summed E-state index contributed by atoms with van der Waals surface area (Å²) in [4.78, 5) is 16.1. The highest BCUT2D eigenvalue weighted by Crippen LogP contribution is 2.23. The van der Waals surface area contributed by atoms with Crippen LogP contribution in [0.25, 0.3) is 0 Å². The van der Waals surface area contributed by atoms with E-state index in [-0.39, 0.29) is 5.02 Å². The Hall–Kier alpha value is -1.17. The van der Waals surface area contributed by atoms with Crippen molar-refractivity contribution in [3.05, 3.63) is 34.6 Å². The van der Waals surface area contributed by atoms with Crippen molar-refractivity contribution in [2.75, 3.05) is 39.8 Å². The molecular formula is C14H19ClFN3O. The topological polar surface area (TPSA) is 49.6 Å². The van der Waals surface area contributed by atoms with Gasteiger partial charge in [-0.15, -0.1) is 0 Å². The van der Waals surface area contributed by atoms with E-state index in [2.05, 4.69) is 16.8 Å². The lowest BCUT2D eigenvalue weighted by Crippen LogP contribution is -2.47. The summed E-state index contributed by atoms with van der Waals surface area (Å²) >= 11 is 5.67. The molecule has 0 aliphatic carbocycles. The summed E-state index contributed by atoms with van der Waals surface area (Å²) in [5.74, 6) is -1.47. The summed E-state index contributed by atoms with van der Waals surface area (Å²) in [6.07, 6.45) is 0. The van der Waals surface area contributed by atoms with Crippen LogP contribution in [0.4, 0.5) is 4.39 Å². The fourth-order valence-corrected chi connectivity index (χ4v) is 2.49. The monoisotopic (exact) mass is 299 g/mol. The van der Waals surface area contributed by atoms with Crippen LogP contribution in [-0.2, 0) is 4.79 Å². The number of carbonyl (C=O) groups excluding carboxylic acids is 1. The summed E-state index contributed by atoms with van der Waals surface area (Å²) in [6, 6.07) is 4.43. The van der Waals surface area contributed by atoms with Crippen LogP contribution in [0.5, 0.6) is 0 Å². The van der Waals surface area contributed by atoms with Crippen molar-refractivity contribution < 1.29 is 9.18 Å². The molecule has 1 amide bonds. The Bertz CT molecular complexity index is 489. The molecule has 1 atom stereocenters. The fraction of sp³-hybridized carbons (Fsp3) is 0.500. The van der Waals surface area contributed by atoms with Crippen molar-refractivity contribution in [2.45, 2.75) is 5.92 Å². The van der Waals surface area contributed by atoms with Crippen molar-refractivity contribution in [3.8, 4) is 0 Å². The van der Waals surface area contributed by atoms with Crippen molar-refractivity contribution in [2.24, 2.45) is 5.73 Å². The van der Waals surface area contributed by atoms with Crippen LogP contribution in [0.1, 0.15) is 11.5 Å². The van der Waals surface area contributed by atoms with Crippen molar-refractivity contribution in [1.82, 2.24) is 9.80 Å². The van der Waals surface area contributed by atoms with Gasteiger partial charge in [0.15, 0.2) is 0 Å². The van der Waals surface area contributed by atoms with E-state index in [1.807, 2.05) is 0 Å². The molecule has 0 saturated carbocycles. The van der Waals surface area contributed by atoms with Crippen LogP contribution in [0.15, 0.2) is 18.2 Å². The number of rotatable bonds is 4. The van der Waals surface area contributed by atoms with E-state index in [1.54, 1.807) is 6.07 Å².